The maximum Gasteiger partial charge on any atom is 0.259 e. The van der Waals surface area contributed by atoms with E-state index in [0.29, 0.717) is 27.0 Å². The Morgan fingerprint density at radius 2 is 1.95 bits per heavy atom. The Bertz CT molecular complexity index is 662. The number of anilines is 1. The lowest BCUT2D eigenvalue weighted by Crippen LogP contribution is -2.13. The highest BCUT2D eigenvalue weighted by molar-refractivity contribution is 9.10. The molecule has 2 rings (SSSR count). The first-order valence-corrected chi connectivity index (χ1v) is 7.16. The molecule has 2 aromatic carbocycles. The van der Waals surface area contributed by atoms with E-state index >= 15 is 0 Å². The highest BCUT2D eigenvalue weighted by atomic mass is 79.9. The molecule has 2 aromatic rings. The van der Waals surface area contributed by atoms with Gasteiger partial charge in [0.1, 0.15) is 5.75 Å². The van der Waals surface area contributed by atoms with Gasteiger partial charge in [-0.3, -0.25) is 4.79 Å². The number of carbonyl (C=O) groups is 1. The average molecular weight is 375 g/mol. The fraction of sp³-hybridized carbons (Fsp3) is 0.0714. The van der Waals surface area contributed by atoms with Crippen LogP contribution in [0.5, 0.6) is 5.75 Å². The van der Waals surface area contributed by atoms with Crippen LogP contribution in [0.25, 0.3) is 0 Å². The summed E-state index contributed by atoms with van der Waals surface area (Å²) in [5.74, 6) is 0.0830. The summed E-state index contributed by atoms with van der Waals surface area (Å²) in [6, 6.07) is 10.0. The molecule has 3 nitrogen and oxygen atoms in total. The van der Waals surface area contributed by atoms with Gasteiger partial charge in [-0.25, -0.2) is 0 Å². The normalized spacial score (nSPS) is 10.2. The number of nitrogens with one attached hydrogen (secondary N) is 1. The van der Waals surface area contributed by atoms with Crippen LogP contribution in [0.3, 0.4) is 0 Å². The molecule has 0 aromatic heterocycles. The molecular weight excluding hydrogens is 365 g/mol. The van der Waals surface area contributed by atoms with Crippen LogP contribution in [-0.4, -0.2) is 13.0 Å². The Kier molecular flexibility index (Phi) is 4.91. The summed E-state index contributed by atoms with van der Waals surface area (Å²) >= 11 is 15.2. The van der Waals surface area contributed by atoms with Crippen molar-refractivity contribution in [3.8, 4) is 5.75 Å². The summed E-state index contributed by atoms with van der Waals surface area (Å²) in [5, 5.41) is 3.69. The molecule has 0 aliphatic heterocycles. The van der Waals surface area contributed by atoms with Gasteiger partial charge in [0, 0.05) is 9.50 Å². The number of rotatable bonds is 3. The van der Waals surface area contributed by atoms with Crippen molar-refractivity contribution < 1.29 is 9.53 Å². The quantitative estimate of drug-likeness (QED) is 0.819. The zero-order valence-corrected chi connectivity index (χ0v) is 13.5. The number of halogens is 3. The topological polar surface area (TPSA) is 38.3 Å². The van der Waals surface area contributed by atoms with E-state index in [0.717, 1.165) is 4.47 Å². The molecule has 104 valence electrons. The number of amides is 1. The lowest BCUT2D eigenvalue weighted by molar-refractivity contribution is 0.102. The zero-order chi connectivity index (χ0) is 14.7. The number of hydrogen-bond acceptors (Lipinski definition) is 2. The second-order valence-electron chi connectivity index (χ2n) is 3.92. The summed E-state index contributed by atoms with van der Waals surface area (Å²) in [4.78, 5) is 12.3. The third kappa shape index (κ3) is 3.45. The number of benzene rings is 2. The van der Waals surface area contributed by atoms with E-state index in [9.17, 15) is 4.79 Å². The molecule has 0 saturated carbocycles. The molecule has 20 heavy (non-hydrogen) atoms. The Labute approximate surface area is 135 Å². The minimum Gasteiger partial charge on any atom is -0.496 e. The van der Waals surface area contributed by atoms with E-state index in [-0.39, 0.29) is 5.91 Å². The van der Waals surface area contributed by atoms with E-state index in [1.54, 1.807) is 36.4 Å². The first-order chi connectivity index (χ1) is 9.51. The van der Waals surface area contributed by atoms with Gasteiger partial charge in [-0.1, -0.05) is 39.1 Å². The maximum absolute atomic E-state index is 12.3. The van der Waals surface area contributed by atoms with E-state index in [2.05, 4.69) is 21.2 Å². The molecule has 0 heterocycles. The van der Waals surface area contributed by atoms with Crippen molar-refractivity contribution in [1.29, 1.82) is 0 Å². The highest BCUT2D eigenvalue weighted by Gasteiger charge is 2.14. The number of hydrogen-bond donors (Lipinski definition) is 1. The van der Waals surface area contributed by atoms with Crippen molar-refractivity contribution in [2.45, 2.75) is 0 Å². The molecule has 1 amide bonds. The fourth-order valence-corrected chi connectivity index (χ4v) is 2.32. The monoisotopic (exact) mass is 373 g/mol. The van der Waals surface area contributed by atoms with Crippen LogP contribution in [0.2, 0.25) is 10.0 Å². The minimum absolute atomic E-state index is 0.321. The van der Waals surface area contributed by atoms with Gasteiger partial charge in [0.15, 0.2) is 0 Å². The van der Waals surface area contributed by atoms with Crippen molar-refractivity contribution in [2.24, 2.45) is 0 Å². The molecule has 6 heteroatoms. The first-order valence-electron chi connectivity index (χ1n) is 5.61. The lowest BCUT2D eigenvalue weighted by atomic mass is 10.2. The Balaban J connectivity index is 2.30. The van der Waals surface area contributed by atoms with Gasteiger partial charge in [-0.2, -0.15) is 0 Å². The average Bonchev–Trinajstić information content (AvgIpc) is 2.42. The molecule has 0 aliphatic rings. The van der Waals surface area contributed by atoms with E-state index in [4.69, 9.17) is 27.9 Å². The predicted octanol–water partition coefficient (Wildman–Crippen LogP) is 5.02. The van der Waals surface area contributed by atoms with Crippen molar-refractivity contribution in [3.05, 3.63) is 56.5 Å². The Morgan fingerprint density at radius 1 is 1.20 bits per heavy atom. The van der Waals surface area contributed by atoms with Crippen molar-refractivity contribution in [1.82, 2.24) is 0 Å². The zero-order valence-electron chi connectivity index (χ0n) is 10.4. The minimum atomic E-state index is -0.321. The van der Waals surface area contributed by atoms with Gasteiger partial charge >= 0.3 is 0 Å². The Hall–Kier alpha value is -1.23. The molecule has 0 spiro atoms. The van der Waals surface area contributed by atoms with Gasteiger partial charge in [0.2, 0.25) is 0 Å². The van der Waals surface area contributed by atoms with Crippen molar-refractivity contribution >= 4 is 50.7 Å². The first kappa shape index (κ1) is 15.2. The van der Waals surface area contributed by atoms with E-state index in [1.807, 2.05) is 0 Å². The predicted molar refractivity (Wildman–Crippen MR) is 85.1 cm³/mol. The summed E-state index contributed by atoms with van der Waals surface area (Å²) in [5.41, 5.74) is 0.899. The van der Waals surface area contributed by atoms with Gasteiger partial charge in [-0.05, 0) is 36.4 Å². The molecule has 0 unspecified atom stereocenters. The van der Waals surface area contributed by atoms with Gasteiger partial charge < -0.3 is 10.1 Å². The third-order valence-electron chi connectivity index (χ3n) is 2.58. The van der Waals surface area contributed by atoms with Gasteiger partial charge in [0.05, 0.1) is 23.4 Å². The third-order valence-corrected chi connectivity index (χ3v) is 3.64. The largest absolute Gasteiger partial charge is 0.496 e. The number of carbonyl (C=O) groups excluding carboxylic acids is 1. The lowest BCUT2D eigenvalue weighted by Gasteiger charge is -2.11. The van der Waals surface area contributed by atoms with Crippen LogP contribution < -0.4 is 10.1 Å². The summed E-state index contributed by atoms with van der Waals surface area (Å²) in [6.45, 7) is 0. The maximum atomic E-state index is 12.3. The molecule has 0 atom stereocenters. The van der Waals surface area contributed by atoms with Gasteiger partial charge in [-0.15, -0.1) is 0 Å². The van der Waals surface area contributed by atoms with Crippen molar-refractivity contribution in [2.75, 3.05) is 12.4 Å². The fourth-order valence-electron chi connectivity index (χ4n) is 1.64. The van der Waals surface area contributed by atoms with Crippen LogP contribution >= 0.6 is 39.1 Å². The summed E-state index contributed by atoms with van der Waals surface area (Å²) < 4.78 is 5.97. The van der Waals surface area contributed by atoms with Crippen LogP contribution in [0.15, 0.2) is 40.9 Å². The SMILES string of the molecule is COc1cc(Cl)ccc1C(=O)Nc1cc(Br)ccc1Cl. The summed E-state index contributed by atoms with van der Waals surface area (Å²) in [6.07, 6.45) is 0. The molecule has 0 aliphatic carbocycles. The Morgan fingerprint density at radius 3 is 2.65 bits per heavy atom. The number of ether oxygens (including phenoxy) is 1. The van der Waals surface area contributed by atoms with E-state index in [1.165, 1.54) is 7.11 Å². The molecule has 0 bridgehead atoms. The van der Waals surface area contributed by atoms with Crippen LogP contribution in [0, 0.1) is 0 Å². The molecule has 0 radical (unpaired) electrons. The van der Waals surface area contributed by atoms with E-state index < -0.39 is 0 Å². The second-order valence-corrected chi connectivity index (χ2v) is 5.68. The molecular formula is C14H10BrCl2NO2. The standard InChI is InChI=1S/C14H10BrCl2NO2/c1-20-13-7-9(16)3-4-10(13)14(19)18-12-6-8(15)2-5-11(12)17/h2-7H,1H3,(H,18,19). The number of methoxy groups -OCH3 is 1. The summed E-state index contributed by atoms with van der Waals surface area (Å²) in [7, 11) is 1.48. The molecule has 0 fully saturated rings. The van der Waals surface area contributed by atoms with Crippen LogP contribution in [0.4, 0.5) is 5.69 Å². The van der Waals surface area contributed by atoms with Crippen LogP contribution in [-0.2, 0) is 0 Å². The van der Waals surface area contributed by atoms with Crippen molar-refractivity contribution in [3.63, 3.8) is 0 Å². The second kappa shape index (κ2) is 6.48. The molecule has 0 saturated heterocycles. The molecule has 1 N–H and O–H groups in total. The van der Waals surface area contributed by atoms with Crippen LogP contribution in [0.1, 0.15) is 10.4 Å². The smallest absolute Gasteiger partial charge is 0.259 e. The van der Waals surface area contributed by atoms with Gasteiger partial charge in [0.25, 0.3) is 5.91 Å². The highest BCUT2D eigenvalue weighted by Crippen LogP contribution is 2.28.